The molecule has 3 rings (SSSR count). The number of allylic oxidation sites excluding steroid dienone is 4. The normalized spacial score (nSPS) is 29.1. The number of carbonyl (C=O) groups excluding carboxylic acids is 6. The van der Waals surface area contributed by atoms with Gasteiger partial charge in [0, 0.05) is 25.8 Å². The van der Waals surface area contributed by atoms with Crippen molar-refractivity contribution >= 4 is 35.8 Å². The van der Waals surface area contributed by atoms with Crippen LogP contribution in [0.4, 0.5) is 0 Å². The highest BCUT2D eigenvalue weighted by Crippen LogP contribution is 2.23. The summed E-state index contributed by atoms with van der Waals surface area (Å²) in [4.78, 5) is 78.4. The lowest BCUT2D eigenvalue weighted by Gasteiger charge is -2.36. The van der Waals surface area contributed by atoms with Crippen molar-refractivity contribution in [2.45, 2.75) is 110 Å². The summed E-state index contributed by atoms with van der Waals surface area (Å²) >= 11 is 0. The number of carbonyl (C=O) groups is 6. The molecule has 0 spiro atoms. The third-order valence-corrected chi connectivity index (χ3v) is 9.36. The van der Waals surface area contributed by atoms with Gasteiger partial charge in [0.05, 0.1) is 12.0 Å². The van der Waals surface area contributed by atoms with Crippen LogP contribution in [0.3, 0.4) is 0 Å². The van der Waals surface area contributed by atoms with Crippen LogP contribution in [0.2, 0.25) is 0 Å². The van der Waals surface area contributed by atoms with Gasteiger partial charge in [-0.3, -0.25) is 29.0 Å². The van der Waals surface area contributed by atoms with E-state index in [0.29, 0.717) is 31.1 Å². The number of amides is 3. The lowest BCUT2D eigenvalue weighted by Crippen LogP contribution is -2.62. The molecule has 7 atom stereocenters. The zero-order valence-electron chi connectivity index (χ0n) is 30.4. The van der Waals surface area contributed by atoms with Gasteiger partial charge in [-0.15, -0.1) is 0 Å². The first-order valence-electron chi connectivity index (χ1n) is 17.9. The number of aldehydes is 1. The van der Waals surface area contributed by atoms with Gasteiger partial charge in [-0.2, -0.15) is 0 Å². The van der Waals surface area contributed by atoms with Gasteiger partial charge in [-0.25, -0.2) is 5.43 Å². The largest absolute Gasteiger partial charge is 0.456 e. The number of Topliss-reactive ketones (excluding diaryl/α,β-unsaturated/α-hetero) is 1. The van der Waals surface area contributed by atoms with Crippen molar-refractivity contribution in [1.82, 2.24) is 21.1 Å². The number of hydrogen-bond acceptors (Lipinski definition) is 9. The van der Waals surface area contributed by atoms with Gasteiger partial charge >= 0.3 is 5.97 Å². The Morgan fingerprint density at radius 3 is 2.35 bits per heavy atom. The summed E-state index contributed by atoms with van der Waals surface area (Å²) in [6.45, 7) is 8.76. The number of nitrogens with one attached hydrogen (secondary N) is 3. The number of ether oxygens (including phenoxy) is 1. The number of benzene rings is 1. The molecular formula is C39H54N4O8. The van der Waals surface area contributed by atoms with E-state index in [1.54, 1.807) is 45.9 Å². The van der Waals surface area contributed by atoms with E-state index in [9.17, 15) is 33.9 Å². The Balaban J connectivity index is 2.02. The Bertz CT molecular complexity index is 1460. The number of cyclic esters (lactones) is 1. The fourth-order valence-corrected chi connectivity index (χ4v) is 6.18. The highest BCUT2D eigenvalue weighted by atomic mass is 16.5. The first-order valence-corrected chi connectivity index (χ1v) is 17.9. The molecule has 2 aliphatic heterocycles. The van der Waals surface area contributed by atoms with Crippen LogP contribution >= 0.6 is 0 Å². The maximum atomic E-state index is 14.1. The molecule has 1 aromatic rings. The summed E-state index contributed by atoms with van der Waals surface area (Å²) in [7, 11) is 0. The minimum Gasteiger partial charge on any atom is -0.456 e. The predicted molar refractivity (Wildman–Crippen MR) is 193 cm³/mol. The number of ketones is 1. The van der Waals surface area contributed by atoms with Gasteiger partial charge < -0.3 is 25.3 Å². The minimum atomic E-state index is -1.11. The molecule has 1 aromatic carbocycles. The Labute approximate surface area is 301 Å². The Morgan fingerprint density at radius 2 is 1.71 bits per heavy atom. The van der Waals surface area contributed by atoms with E-state index in [1.807, 2.05) is 36.4 Å². The molecule has 1 saturated heterocycles. The molecule has 0 saturated carbocycles. The molecule has 12 heteroatoms. The monoisotopic (exact) mass is 706 g/mol. The molecule has 6 unspecified atom stereocenters. The van der Waals surface area contributed by atoms with E-state index in [1.165, 1.54) is 18.0 Å². The summed E-state index contributed by atoms with van der Waals surface area (Å²) in [5.41, 5.74) is 4.36. The summed E-state index contributed by atoms with van der Waals surface area (Å²) in [6.07, 6.45) is 9.30. The fraction of sp³-hybridized carbons (Fsp3) is 0.538. The molecule has 2 aliphatic rings. The van der Waals surface area contributed by atoms with Gasteiger partial charge in [0.25, 0.3) is 5.91 Å². The zero-order valence-corrected chi connectivity index (χ0v) is 30.4. The first-order chi connectivity index (χ1) is 24.3. The standard InChI is InChI=1S/C39H54N4O8/c1-25(2)34-37(48)40-32(24-29-15-10-8-11-16-29)38(49)43-22-13-17-31(42-43)39(50)51-33(26(3)21-23-44)18-12-7-6-9-14-27(4)35(46)30(36(47)41-34)20-19-28(5)45/h6-12,15-16,21,23,25,27,30-35,42,46H,13-14,17-20,22,24H2,1-5H3,(H,40,48)(H,41,47)/b9-6+,12-7+,26-21+/t27?,30?,31?,32?,33-,34?,35?/m0/s1. The van der Waals surface area contributed by atoms with Gasteiger partial charge in [-0.1, -0.05) is 75.4 Å². The second kappa shape index (κ2) is 20.4. The van der Waals surface area contributed by atoms with Gasteiger partial charge in [-0.05, 0) is 68.6 Å². The molecular weight excluding hydrogens is 652 g/mol. The topological polar surface area (TPSA) is 171 Å². The van der Waals surface area contributed by atoms with Gasteiger partial charge in [0.2, 0.25) is 11.8 Å². The average Bonchev–Trinajstić information content (AvgIpc) is 3.10. The summed E-state index contributed by atoms with van der Waals surface area (Å²) < 4.78 is 5.86. The number of hydrogen-bond donors (Lipinski definition) is 4. The van der Waals surface area contributed by atoms with Crippen LogP contribution in [0.5, 0.6) is 0 Å². The number of hydrazine groups is 1. The highest BCUT2D eigenvalue weighted by Gasteiger charge is 2.37. The van der Waals surface area contributed by atoms with Gasteiger partial charge in [0.1, 0.15) is 36.3 Å². The molecule has 12 nitrogen and oxygen atoms in total. The minimum absolute atomic E-state index is 0.0835. The van der Waals surface area contributed by atoms with Crippen LogP contribution in [-0.4, -0.2) is 82.8 Å². The van der Waals surface area contributed by atoms with Crippen molar-refractivity contribution in [2.24, 2.45) is 17.8 Å². The molecule has 1 fully saturated rings. The molecule has 2 heterocycles. The van der Waals surface area contributed by atoms with Crippen molar-refractivity contribution in [3.63, 3.8) is 0 Å². The van der Waals surface area contributed by atoms with Crippen LogP contribution in [0.25, 0.3) is 0 Å². The predicted octanol–water partition coefficient (Wildman–Crippen LogP) is 3.30. The van der Waals surface area contributed by atoms with E-state index in [4.69, 9.17) is 4.74 Å². The maximum absolute atomic E-state index is 14.1. The summed E-state index contributed by atoms with van der Waals surface area (Å²) in [5.74, 6) is -4.01. The molecule has 3 amide bonds. The van der Waals surface area contributed by atoms with Crippen LogP contribution in [0.1, 0.15) is 78.7 Å². The third-order valence-electron chi connectivity index (χ3n) is 9.36. The lowest BCUT2D eigenvalue weighted by atomic mass is 9.85. The van der Waals surface area contributed by atoms with Crippen molar-refractivity contribution in [3.8, 4) is 0 Å². The lowest BCUT2D eigenvalue weighted by molar-refractivity contribution is -0.156. The van der Waals surface area contributed by atoms with Crippen LogP contribution in [0.15, 0.2) is 66.3 Å². The second-order valence-corrected chi connectivity index (χ2v) is 13.9. The number of esters is 1. The Kier molecular flexibility index (Phi) is 16.4. The molecule has 0 aromatic heterocycles. The number of rotatable bonds is 8. The number of fused-ring (bicyclic) bond motifs is 2. The average molecular weight is 707 g/mol. The van der Waals surface area contributed by atoms with E-state index in [2.05, 4.69) is 16.1 Å². The van der Waals surface area contributed by atoms with Crippen molar-refractivity contribution in [3.05, 3.63) is 71.8 Å². The molecule has 0 radical (unpaired) electrons. The van der Waals surface area contributed by atoms with E-state index in [-0.39, 0.29) is 49.8 Å². The number of nitrogens with zero attached hydrogens (tertiary/aromatic N) is 1. The highest BCUT2D eigenvalue weighted by molar-refractivity contribution is 5.93. The molecule has 278 valence electrons. The van der Waals surface area contributed by atoms with Crippen molar-refractivity contribution in [1.29, 1.82) is 0 Å². The number of aliphatic hydroxyl groups excluding tert-OH is 1. The van der Waals surface area contributed by atoms with E-state index in [0.717, 1.165) is 5.56 Å². The SMILES string of the molecule is CC(=O)CCC1C(=O)NC(C(C)C)C(=O)NC(Cc2ccccc2)C(=O)N2CCCC(N2)C(=O)O[C@H](/C(C)=C/C=O)C/C=C/C=C/CC(C)C1O. The van der Waals surface area contributed by atoms with E-state index < -0.39 is 59.9 Å². The first kappa shape index (κ1) is 41.0. The number of aliphatic hydroxyl groups is 1. The van der Waals surface area contributed by atoms with E-state index >= 15 is 0 Å². The summed E-state index contributed by atoms with van der Waals surface area (Å²) in [6, 6.07) is 6.24. The molecule has 2 bridgehead atoms. The third kappa shape index (κ3) is 12.7. The smallest absolute Gasteiger partial charge is 0.325 e. The molecule has 4 N–H and O–H groups in total. The molecule has 0 aliphatic carbocycles. The van der Waals surface area contributed by atoms with Crippen LogP contribution < -0.4 is 16.1 Å². The summed E-state index contributed by atoms with van der Waals surface area (Å²) in [5, 5.41) is 18.4. The molecule has 51 heavy (non-hydrogen) atoms. The fourth-order valence-electron chi connectivity index (χ4n) is 6.18. The van der Waals surface area contributed by atoms with Gasteiger partial charge in [0.15, 0.2) is 0 Å². The van der Waals surface area contributed by atoms with Crippen LogP contribution in [0, 0.1) is 17.8 Å². The van der Waals surface area contributed by atoms with Crippen LogP contribution in [-0.2, 0) is 39.9 Å². The maximum Gasteiger partial charge on any atom is 0.325 e. The van der Waals surface area contributed by atoms with Crippen molar-refractivity contribution < 1.29 is 38.6 Å². The zero-order chi connectivity index (χ0) is 37.5. The van der Waals surface area contributed by atoms with Crippen molar-refractivity contribution in [2.75, 3.05) is 6.54 Å². The second-order valence-electron chi connectivity index (χ2n) is 13.9. The Morgan fingerprint density at radius 1 is 1.02 bits per heavy atom. The Hall–Kier alpha value is -4.42. The quantitative estimate of drug-likeness (QED) is 0.180.